The van der Waals surface area contributed by atoms with Crippen molar-refractivity contribution in [2.45, 2.75) is 13.1 Å². The molecule has 21 heavy (non-hydrogen) atoms. The molecule has 0 amide bonds. The molecule has 0 saturated carbocycles. The summed E-state index contributed by atoms with van der Waals surface area (Å²) in [6.07, 6.45) is 0. The van der Waals surface area contributed by atoms with E-state index < -0.39 is 0 Å². The van der Waals surface area contributed by atoms with E-state index >= 15 is 0 Å². The third-order valence-corrected chi connectivity index (χ3v) is 3.72. The molecule has 108 valence electrons. The van der Waals surface area contributed by atoms with Crippen LogP contribution >= 0.6 is 11.6 Å². The molecule has 0 radical (unpaired) electrons. The van der Waals surface area contributed by atoms with E-state index in [9.17, 15) is 4.39 Å². The minimum Gasteiger partial charge on any atom is -0.314 e. The van der Waals surface area contributed by atoms with E-state index in [4.69, 9.17) is 11.6 Å². The zero-order chi connectivity index (χ0) is 14.8. The summed E-state index contributed by atoms with van der Waals surface area (Å²) in [5.74, 6) is -0.381. The van der Waals surface area contributed by atoms with Gasteiger partial charge in [0.15, 0.2) is 0 Å². The van der Waals surface area contributed by atoms with Gasteiger partial charge in [-0.05, 0) is 19.2 Å². The Morgan fingerprint density at radius 2 is 2.00 bits per heavy atom. The first-order chi connectivity index (χ1) is 10.2. The maximum Gasteiger partial charge on any atom is 0.146 e. The highest BCUT2D eigenvalue weighted by atomic mass is 35.5. The molecule has 0 bridgehead atoms. The topological polar surface area (TPSA) is 29.9 Å². The highest BCUT2D eigenvalue weighted by Gasteiger charge is 2.12. The number of fused-ring (bicyclic) bond motifs is 1. The van der Waals surface area contributed by atoms with Gasteiger partial charge in [0.2, 0.25) is 0 Å². The fourth-order valence-electron chi connectivity index (χ4n) is 2.45. The van der Waals surface area contributed by atoms with Gasteiger partial charge in [0.05, 0.1) is 22.8 Å². The highest BCUT2D eigenvalue weighted by Crippen LogP contribution is 2.22. The van der Waals surface area contributed by atoms with Crippen LogP contribution in [0.25, 0.3) is 10.9 Å². The van der Waals surface area contributed by atoms with Crippen molar-refractivity contribution in [3.8, 4) is 0 Å². The molecule has 2 aromatic carbocycles. The van der Waals surface area contributed by atoms with Crippen molar-refractivity contribution >= 4 is 22.5 Å². The molecule has 1 heterocycles. The van der Waals surface area contributed by atoms with Crippen LogP contribution in [0, 0.1) is 5.82 Å². The van der Waals surface area contributed by atoms with Crippen LogP contribution < -0.4 is 5.32 Å². The largest absolute Gasteiger partial charge is 0.314 e. The number of para-hydroxylation sites is 1. The van der Waals surface area contributed by atoms with Crippen molar-refractivity contribution in [1.29, 1.82) is 0 Å². The summed E-state index contributed by atoms with van der Waals surface area (Å²) < 4.78 is 15.9. The van der Waals surface area contributed by atoms with Gasteiger partial charge in [-0.15, -0.1) is 0 Å². The normalized spacial score (nSPS) is 11.2. The fraction of sp³-hybridized carbons (Fsp3) is 0.188. The number of rotatable bonds is 4. The van der Waals surface area contributed by atoms with Gasteiger partial charge in [-0.1, -0.05) is 41.9 Å². The van der Waals surface area contributed by atoms with Crippen LogP contribution in [0.2, 0.25) is 5.02 Å². The number of benzene rings is 2. The first-order valence-electron chi connectivity index (χ1n) is 6.72. The summed E-state index contributed by atoms with van der Waals surface area (Å²) in [7, 11) is 1.88. The molecule has 0 aliphatic heterocycles. The Kier molecular flexibility index (Phi) is 3.90. The van der Waals surface area contributed by atoms with Crippen LogP contribution in [0.15, 0.2) is 42.5 Å². The Balaban J connectivity index is 2.06. The number of hydrogen-bond acceptors (Lipinski definition) is 2. The molecule has 0 spiro atoms. The second-order valence-electron chi connectivity index (χ2n) is 4.86. The van der Waals surface area contributed by atoms with Crippen molar-refractivity contribution < 1.29 is 4.39 Å². The molecule has 3 nitrogen and oxygen atoms in total. The average molecular weight is 304 g/mol. The summed E-state index contributed by atoms with van der Waals surface area (Å²) in [6, 6.07) is 13.0. The lowest BCUT2D eigenvalue weighted by atomic mass is 10.2. The minimum atomic E-state index is -0.381. The molecule has 0 saturated heterocycles. The van der Waals surface area contributed by atoms with E-state index in [-0.39, 0.29) is 10.8 Å². The molecule has 3 aromatic rings. The fourth-order valence-corrected chi connectivity index (χ4v) is 2.64. The van der Waals surface area contributed by atoms with Gasteiger partial charge >= 0.3 is 0 Å². The molecular formula is C16H15ClFN3. The van der Waals surface area contributed by atoms with Crippen LogP contribution in [0.3, 0.4) is 0 Å². The van der Waals surface area contributed by atoms with Crippen LogP contribution in [0.1, 0.15) is 11.3 Å². The van der Waals surface area contributed by atoms with E-state index in [1.165, 1.54) is 0 Å². The van der Waals surface area contributed by atoms with Gasteiger partial charge in [-0.25, -0.2) is 4.39 Å². The zero-order valence-corrected chi connectivity index (χ0v) is 12.4. The third-order valence-electron chi connectivity index (χ3n) is 3.43. The second-order valence-corrected chi connectivity index (χ2v) is 5.27. The predicted molar refractivity (Wildman–Crippen MR) is 83.0 cm³/mol. The molecule has 0 fully saturated rings. The lowest BCUT2D eigenvalue weighted by molar-refractivity contribution is 0.587. The molecule has 0 aliphatic rings. The van der Waals surface area contributed by atoms with E-state index in [2.05, 4.69) is 10.4 Å². The first-order valence-corrected chi connectivity index (χ1v) is 7.10. The van der Waals surface area contributed by atoms with Crippen molar-refractivity contribution in [3.63, 3.8) is 0 Å². The number of hydrogen-bond donors (Lipinski definition) is 1. The predicted octanol–water partition coefficient (Wildman–Crippen LogP) is 3.60. The van der Waals surface area contributed by atoms with Crippen LogP contribution in [-0.2, 0) is 13.1 Å². The van der Waals surface area contributed by atoms with Gasteiger partial charge < -0.3 is 5.32 Å². The van der Waals surface area contributed by atoms with Crippen molar-refractivity contribution in [1.82, 2.24) is 15.1 Å². The molecule has 3 rings (SSSR count). The number of halogens is 2. The number of nitrogens with zero attached hydrogens (tertiary/aromatic N) is 2. The molecule has 1 N–H and O–H groups in total. The number of nitrogens with one attached hydrogen (secondary N) is 1. The summed E-state index contributed by atoms with van der Waals surface area (Å²) in [6.45, 7) is 1.03. The third kappa shape index (κ3) is 2.64. The summed E-state index contributed by atoms with van der Waals surface area (Å²) in [5, 5.41) is 8.91. The number of aromatic nitrogens is 2. The lowest BCUT2D eigenvalue weighted by Gasteiger charge is -2.06. The molecule has 0 atom stereocenters. The molecular weight excluding hydrogens is 289 g/mol. The van der Waals surface area contributed by atoms with Crippen molar-refractivity contribution in [2.75, 3.05) is 7.05 Å². The summed E-state index contributed by atoms with van der Waals surface area (Å²) >= 11 is 5.84. The monoisotopic (exact) mass is 303 g/mol. The first kappa shape index (κ1) is 14.0. The van der Waals surface area contributed by atoms with E-state index in [0.717, 1.165) is 16.6 Å². The Morgan fingerprint density at radius 1 is 1.19 bits per heavy atom. The standard InChI is InChI=1S/C16H15ClFN3/c1-19-9-14-12-6-2-3-8-15(12)21(20-14)10-11-5-4-7-13(17)16(11)18/h2-8,19H,9-10H2,1H3. The Bertz CT molecular complexity index is 782. The van der Waals surface area contributed by atoms with E-state index in [1.807, 2.05) is 36.0 Å². The average Bonchev–Trinajstić information content (AvgIpc) is 2.83. The SMILES string of the molecule is CNCc1nn(Cc2cccc(Cl)c2F)c2ccccc12. The van der Waals surface area contributed by atoms with Crippen molar-refractivity contribution in [2.24, 2.45) is 0 Å². The van der Waals surface area contributed by atoms with Crippen LogP contribution in [0.4, 0.5) is 4.39 Å². The maximum atomic E-state index is 14.1. The van der Waals surface area contributed by atoms with Gasteiger partial charge in [-0.2, -0.15) is 5.10 Å². The highest BCUT2D eigenvalue weighted by molar-refractivity contribution is 6.30. The summed E-state index contributed by atoms with van der Waals surface area (Å²) in [5.41, 5.74) is 2.48. The summed E-state index contributed by atoms with van der Waals surface area (Å²) in [4.78, 5) is 0. The molecule has 5 heteroatoms. The molecule has 1 aromatic heterocycles. The lowest BCUT2D eigenvalue weighted by Crippen LogP contribution is -2.08. The zero-order valence-electron chi connectivity index (χ0n) is 11.6. The molecule has 0 aliphatic carbocycles. The Labute approximate surface area is 127 Å². The second kappa shape index (κ2) is 5.84. The quantitative estimate of drug-likeness (QED) is 0.798. The smallest absolute Gasteiger partial charge is 0.146 e. The molecule has 0 unspecified atom stereocenters. The minimum absolute atomic E-state index is 0.138. The Hall–Kier alpha value is -1.91. The van der Waals surface area contributed by atoms with Gasteiger partial charge in [0, 0.05) is 17.5 Å². The van der Waals surface area contributed by atoms with E-state index in [0.29, 0.717) is 18.7 Å². The van der Waals surface area contributed by atoms with Gasteiger partial charge in [-0.3, -0.25) is 4.68 Å². The Morgan fingerprint density at radius 3 is 2.81 bits per heavy atom. The van der Waals surface area contributed by atoms with Crippen LogP contribution in [-0.4, -0.2) is 16.8 Å². The van der Waals surface area contributed by atoms with Gasteiger partial charge in [0.1, 0.15) is 5.82 Å². The van der Waals surface area contributed by atoms with Gasteiger partial charge in [0.25, 0.3) is 0 Å². The van der Waals surface area contributed by atoms with Crippen molar-refractivity contribution in [3.05, 3.63) is 64.6 Å². The van der Waals surface area contributed by atoms with E-state index in [1.54, 1.807) is 18.2 Å². The maximum absolute atomic E-state index is 14.1. The van der Waals surface area contributed by atoms with Crippen LogP contribution in [0.5, 0.6) is 0 Å².